The molecule has 1 atom stereocenters. The summed E-state index contributed by atoms with van der Waals surface area (Å²) in [7, 11) is 0. The largest absolute Gasteiger partial charge is 0.573 e. The van der Waals surface area contributed by atoms with Crippen LogP contribution >= 0.6 is 0 Å². The normalized spacial score (nSPS) is 12.2. The molecule has 0 aliphatic rings. The van der Waals surface area contributed by atoms with Crippen LogP contribution in [0, 0.1) is 11.6 Å². The molecule has 0 aliphatic heterocycles. The molecule has 166 valence electrons. The van der Waals surface area contributed by atoms with Crippen LogP contribution in [0.4, 0.5) is 22.0 Å². The standard InChI is InChI=1S/C20H12F5N3O4/c21-12-2-1-7-26-17(12)16(10-4-6-15(13(22)8-10)32-20(23,24)25)28-18(29)14-5-3-11(9-27-14)19(30)31/h1-9,16H,(H,28,29)(H,30,31)/t16-/m1/s1. The molecule has 0 unspecified atom stereocenters. The smallest absolute Gasteiger partial charge is 0.478 e. The number of carbonyl (C=O) groups excluding carboxylic acids is 1. The quantitative estimate of drug-likeness (QED) is 0.550. The number of aromatic nitrogens is 2. The molecule has 32 heavy (non-hydrogen) atoms. The van der Waals surface area contributed by atoms with Gasteiger partial charge in [-0.15, -0.1) is 13.2 Å². The van der Waals surface area contributed by atoms with Crippen molar-refractivity contribution in [3.05, 3.63) is 89.0 Å². The summed E-state index contributed by atoms with van der Waals surface area (Å²) in [6.07, 6.45) is -3.00. The lowest BCUT2D eigenvalue weighted by molar-refractivity contribution is -0.275. The van der Waals surface area contributed by atoms with Gasteiger partial charge in [0.1, 0.15) is 17.2 Å². The maximum Gasteiger partial charge on any atom is 0.573 e. The number of amides is 1. The second-order valence-corrected chi connectivity index (χ2v) is 6.25. The molecule has 2 N–H and O–H groups in total. The number of hydrogen-bond donors (Lipinski definition) is 2. The fourth-order valence-corrected chi connectivity index (χ4v) is 2.68. The van der Waals surface area contributed by atoms with E-state index in [1.165, 1.54) is 12.3 Å². The van der Waals surface area contributed by atoms with Gasteiger partial charge in [0.25, 0.3) is 5.91 Å². The minimum absolute atomic E-state index is 0.134. The van der Waals surface area contributed by atoms with Crippen LogP contribution in [0.1, 0.15) is 38.1 Å². The number of aromatic carboxylic acids is 1. The summed E-state index contributed by atoms with van der Waals surface area (Å²) in [5.74, 6) is -5.55. The Balaban J connectivity index is 1.96. The van der Waals surface area contributed by atoms with Crippen molar-refractivity contribution in [1.82, 2.24) is 15.3 Å². The van der Waals surface area contributed by atoms with Crippen LogP contribution in [0.15, 0.2) is 54.9 Å². The summed E-state index contributed by atoms with van der Waals surface area (Å²) in [6.45, 7) is 0. The number of nitrogens with zero attached hydrogens (tertiary/aromatic N) is 2. The third-order valence-electron chi connectivity index (χ3n) is 4.09. The first-order valence-corrected chi connectivity index (χ1v) is 8.71. The molecule has 0 aliphatic carbocycles. The minimum atomic E-state index is -5.13. The monoisotopic (exact) mass is 453 g/mol. The van der Waals surface area contributed by atoms with Gasteiger partial charge in [-0.05, 0) is 42.0 Å². The van der Waals surface area contributed by atoms with Gasteiger partial charge in [0.2, 0.25) is 0 Å². The lowest BCUT2D eigenvalue weighted by Gasteiger charge is -2.20. The predicted molar refractivity (Wildman–Crippen MR) is 97.8 cm³/mol. The molecule has 0 fully saturated rings. The fourth-order valence-electron chi connectivity index (χ4n) is 2.68. The van der Waals surface area contributed by atoms with Crippen molar-refractivity contribution < 1.29 is 41.4 Å². The number of halogens is 5. The highest BCUT2D eigenvalue weighted by Gasteiger charge is 2.33. The zero-order chi connectivity index (χ0) is 23.5. The maximum atomic E-state index is 14.4. The van der Waals surface area contributed by atoms with E-state index in [0.29, 0.717) is 12.1 Å². The van der Waals surface area contributed by atoms with Gasteiger partial charge in [-0.2, -0.15) is 0 Å². The number of carbonyl (C=O) groups is 2. The summed E-state index contributed by atoms with van der Waals surface area (Å²) in [4.78, 5) is 31.0. The van der Waals surface area contributed by atoms with E-state index in [2.05, 4.69) is 20.0 Å². The second kappa shape index (κ2) is 8.96. The van der Waals surface area contributed by atoms with Crippen LogP contribution in [0.5, 0.6) is 5.75 Å². The molecule has 1 amide bonds. The number of carboxylic acid groups (broad SMARTS) is 1. The van der Waals surface area contributed by atoms with Crippen LogP contribution in [0.3, 0.4) is 0 Å². The number of benzene rings is 1. The molecule has 0 bridgehead atoms. The minimum Gasteiger partial charge on any atom is -0.478 e. The molecule has 0 saturated carbocycles. The summed E-state index contributed by atoms with van der Waals surface area (Å²) in [5.41, 5.74) is -0.901. The van der Waals surface area contributed by atoms with Crippen molar-refractivity contribution in [2.24, 2.45) is 0 Å². The zero-order valence-electron chi connectivity index (χ0n) is 15.7. The number of carboxylic acids is 1. The molecule has 0 radical (unpaired) electrons. The van der Waals surface area contributed by atoms with E-state index in [0.717, 1.165) is 30.5 Å². The first-order chi connectivity index (χ1) is 15.0. The average molecular weight is 453 g/mol. The van der Waals surface area contributed by atoms with E-state index in [1.54, 1.807) is 0 Å². The fraction of sp³-hybridized carbons (Fsp3) is 0.100. The average Bonchev–Trinajstić information content (AvgIpc) is 2.73. The van der Waals surface area contributed by atoms with Crippen molar-refractivity contribution in [3.8, 4) is 5.75 Å². The van der Waals surface area contributed by atoms with E-state index < -0.39 is 41.7 Å². The molecule has 0 saturated heterocycles. The zero-order valence-corrected chi connectivity index (χ0v) is 15.7. The van der Waals surface area contributed by atoms with Gasteiger partial charge in [0.05, 0.1) is 11.6 Å². The topological polar surface area (TPSA) is 101 Å². The second-order valence-electron chi connectivity index (χ2n) is 6.25. The summed E-state index contributed by atoms with van der Waals surface area (Å²) >= 11 is 0. The maximum absolute atomic E-state index is 14.4. The first kappa shape index (κ1) is 22.6. The van der Waals surface area contributed by atoms with Crippen LogP contribution in [0.2, 0.25) is 0 Å². The number of alkyl halides is 3. The van der Waals surface area contributed by atoms with Gasteiger partial charge in [0.15, 0.2) is 11.6 Å². The summed E-state index contributed by atoms with van der Waals surface area (Å²) in [6, 6.07) is 5.42. The van der Waals surface area contributed by atoms with E-state index in [9.17, 15) is 31.5 Å². The first-order valence-electron chi connectivity index (χ1n) is 8.71. The van der Waals surface area contributed by atoms with Gasteiger partial charge in [-0.3, -0.25) is 14.8 Å². The molecular formula is C20H12F5N3O4. The van der Waals surface area contributed by atoms with Crippen LogP contribution in [-0.4, -0.2) is 33.3 Å². The Morgan fingerprint density at radius 2 is 1.78 bits per heavy atom. The molecule has 12 heteroatoms. The Labute approximate surface area is 176 Å². The van der Waals surface area contributed by atoms with Gasteiger partial charge in [-0.1, -0.05) is 6.07 Å². The van der Waals surface area contributed by atoms with Crippen molar-refractivity contribution in [2.45, 2.75) is 12.4 Å². The SMILES string of the molecule is O=C(O)c1ccc(C(=O)N[C@H](c2ccc(OC(F)(F)F)c(F)c2)c2ncccc2F)nc1. The molecule has 3 rings (SSSR count). The summed E-state index contributed by atoms with van der Waals surface area (Å²) < 4.78 is 69.3. The van der Waals surface area contributed by atoms with Crippen molar-refractivity contribution in [2.75, 3.05) is 0 Å². The number of nitrogens with one attached hydrogen (secondary N) is 1. The Morgan fingerprint density at radius 1 is 1.03 bits per heavy atom. The highest BCUT2D eigenvalue weighted by Crippen LogP contribution is 2.30. The van der Waals surface area contributed by atoms with Gasteiger partial charge in [0, 0.05) is 12.4 Å². The molecule has 3 aromatic rings. The van der Waals surface area contributed by atoms with Crippen molar-refractivity contribution >= 4 is 11.9 Å². The molecule has 2 heterocycles. The van der Waals surface area contributed by atoms with E-state index in [4.69, 9.17) is 5.11 Å². The third kappa shape index (κ3) is 5.33. The van der Waals surface area contributed by atoms with Gasteiger partial charge in [-0.25, -0.2) is 13.6 Å². The highest BCUT2D eigenvalue weighted by molar-refractivity contribution is 5.94. The lowest BCUT2D eigenvalue weighted by Crippen LogP contribution is -2.31. The predicted octanol–water partition coefficient (Wildman–Crippen LogP) is 3.87. The van der Waals surface area contributed by atoms with Crippen molar-refractivity contribution in [3.63, 3.8) is 0 Å². The van der Waals surface area contributed by atoms with Gasteiger partial charge < -0.3 is 15.2 Å². The molecule has 0 spiro atoms. The molecule has 1 aromatic carbocycles. The van der Waals surface area contributed by atoms with Crippen LogP contribution in [0.25, 0.3) is 0 Å². The Bertz CT molecular complexity index is 1150. The summed E-state index contributed by atoms with van der Waals surface area (Å²) in [5, 5.41) is 11.3. The van der Waals surface area contributed by atoms with E-state index in [1.807, 2.05) is 0 Å². The van der Waals surface area contributed by atoms with E-state index in [-0.39, 0.29) is 22.5 Å². The Morgan fingerprint density at radius 3 is 2.34 bits per heavy atom. The Kier molecular flexibility index (Phi) is 6.32. The van der Waals surface area contributed by atoms with Crippen LogP contribution in [-0.2, 0) is 0 Å². The van der Waals surface area contributed by atoms with Crippen molar-refractivity contribution in [1.29, 1.82) is 0 Å². The number of hydrogen-bond acceptors (Lipinski definition) is 5. The molecule has 2 aromatic heterocycles. The molecular weight excluding hydrogens is 441 g/mol. The number of rotatable bonds is 6. The third-order valence-corrected chi connectivity index (χ3v) is 4.09. The highest BCUT2D eigenvalue weighted by atomic mass is 19.4. The number of pyridine rings is 2. The van der Waals surface area contributed by atoms with Gasteiger partial charge >= 0.3 is 12.3 Å². The van der Waals surface area contributed by atoms with Crippen LogP contribution < -0.4 is 10.1 Å². The number of ether oxygens (including phenoxy) is 1. The molecule has 7 nitrogen and oxygen atoms in total. The lowest BCUT2D eigenvalue weighted by atomic mass is 10.0. The Hall–Kier alpha value is -4.09. The van der Waals surface area contributed by atoms with E-state index >= 15 is 0 Å².